The molecule has 1 aromatic heterocycles. The molecule has 120 valence electrons. The summed E-state index contributed by atoms with van der Waals surface area (Å²) in [5, 5.41) is 1.52. The van der Waals surface area contributed by atoms with Crippen molar-refractivity contribution in [1.82, 2.24) is 9.88 Å². The highest BCUT2D eigenvalue weighted by atomic mass is 35.5. The van der Waals surface area contributed by atoms with Gasteiger partial charge in [-0.25, -0.2) is 4.98 Å². The lowest BCUT2D eigenvalue weighted by molar-refractivity contribution is 0.0742. The fraction of sp³-hybridized carbons (Fsp3) is 0.294. The summed E-state index contributed by atoms with van der Waals surface area (Å²) in [6.45, 7) is 3.02. The van der Waals surface area contributed by atoms with Crippen LogP contribution in [0, 0.1) is 0 Å². The number of rotatable bonds is 3. The van der Waals surface area contributed by atoms with Crippen molar-refractivity contribution in [2.75, 3.05) is 37.3 Å². The summed E-state index contributed by atoms with van der Waals surface area (Å²) in [7, 11) is 0. The third kappa shape index (κ3) is 3.62. The zero-order valence-corrected chi connectivity index (χ0v) is 14.5. The Balaban J connectivity index is 1.68. The summed E-state index contributed by atoms with van der Waals surface area (Å²) in [4.78, 5) is 21.1. The summed E-state index contributed by atoms with van der Waals surface area (Å²) in [5.74, 6) is 0.0631. The first-order valence-corrected chi connectivity index (χ1v) is 9.08. The van der Waals surface area contributed by atoms with Crippen LogP contribution in [0.1, 0.15) is 10.4 Å². The lowest BCUT2D eigenvalue weighted by Gasteiger charge is -2.36. The molecule has 0 N–H and O–H groups in total. The van der Waals surface area contributed by atoms with Gasteiger partial charge in [0.05, 0.1) is 5.56 Å². The van der Waals surface area contributed by atoms with Crippen molar-refractivity contribution < 1.29 is 4.79 Å². The number of anilines is 1. The second kappa shape index (κ2) is 7.23. The maximum absolute atomic E-state index is 12.7. The van der Waals surface area contributed by atoms with Crippen LogP contribution >= 0.6 is 23.4 Å². The quantitative estimate of drug-likeness (QED) is 0.797. The van der Waals surface area contributed by atoms with Crippen molar-refractivity contribution in [1.29, 1.82) is 0 Å². The van der Waals surface area contributed by atoms with Crippen LogP contribution in [-0.2, 0) is 0 Å². The lowest BCUT2D eigenvalue weighted by atomic mass is 10.2. The number of carbonyl (C=O) groups is 1. The molecular formula is C17H18ClN3OS. The summed E-state index contributed by atoms with van der Waals surface area (Å²) in [6.07, 6.45) is 3.66. The molecule has 6 heteroatoms. The molecule has 0 atom stereocenters. The molecule has 4 nitrogen and oxygen atoms in total. The van der Waals surface area contributed by atoms with Gasteiger partial charge in [0, 0.05) is 43.1 Å². The second-order valence-electron chi connectivity index (χ2n) is 5.32. The number of pyridine rings is 1. The average Bonchev–Trinajstić information content (AvgIpc) is 2.61. The maximum Gasteiger partial charge on any atom is 0.256 e. The first kappa shape index (κ1) is 16.1. The van der Waals surface area contributed by atoms with Gasteiger partial charge in [-0.3, -0.25) is 4.79 Å². The van der Waals surface area contributed by atoms with Gasteiger partial charge in [-0.2, -0.15) is 0 Å². The fourth-order valence-corrected chi connectivity index (χ4v) is 3.45. The van der Waals surface area contributed by atoms with Gasteiger partial charge in [-0.15, -0.1) is 11.8 Å². The van der Waals surface area contributed by atoms with Crippen LogP contribution in [0.4, 0.5) is 5.69 Å². The fourth-order valence-electron chi connectivity index (χ4n) is 2.73. The Bertz CT molecular complexity index is 702. The molecule has 1 aliphatic heterocycles. The van der Waals surface area contributed by atoms with E-state index in [9.17, 15) is 4.79 Å². The van der Waals surface area contributed by atoms with E-state index in [4.69, 9.17) is 11.6 Å². The van der Waals surface area contributed by atoms with Crippen LogP contribution in [-0.4, -0.2) is 48.2 Å². The van der Waals surface area contributed by atoms with E-state index < -0.39 is 0 Å². The molecule has 0 aliphatic carbocycles. The van der Waals surface area contributed by atoms with Gasteiger partial charge < -0.3 is 9.80 Å². The van der Waals surface area contributed by atoms with Crippen LogP contribution in [0.3, 0.4) is 0 Å². The van der Waals surface area contributed by atoms with Crippen molar-refractivity contribution in [2.45, 2.75) is 5.03 Å². The van der Waals surface area contributed by atoms with Gasteiger partial charge in [0.1, 0.15) is 5.03 Å². The number of benzene rings is 1. The first-order valence-electron chi connectivity index (χ1n) is 7.48. The van der Waals surface area contributed by atoms with E-state index in [0.29, 0.717) is 18.7 Å². The molecule has 1 aliphatic rings. The smallest absolute Gasteiger partial charge is 0.256 e. The average molecular weight is 348 g/mol. The lowest BCUT2D eigenvalue weighted by Crippen LogP contribution is -2.48. The van der Waals surface area contributed by atoms with Crippen LogP contribution in [0.5, 0.6) is 0 Å². The molecule has 0 spiro atoms. The number of hydrogen-bond acceptors (Lipinski definition) is 4. The van der Waals surface area contributed by atoms with E-state index >= 15 is 0 Å². The van der Waals surface area contributed by atoms with Crippen molar-refractivity contribution in [3.8, 4) is 0 Å². The van der Waals surface area contributed by atoms with Crippen molar-refractivity contribution in [3.63, 3.8) is 0 Å². The molecule has 1 saturated heterocycles. The number of aromatic nitrogens is 1. The number of hydrogen-bond donors (Lipinski definition) is 0. The predicted molar refractivity (Wildman–Crippen MR) is 95.6 cm³/mol. The van der Waals surface area contributed by atoms with Crippen molar-refractivity contribution >= 4 is 35.0 Å². The highest BCUT2D eigenvalue weighted by molar-refractivity contribution is 7.98. The Morgan fingerprint density at radius 3 is 2.65 bits per heavy atom. The molecule has 3 rings (SSSR count). The minimum atomic E-state index is 0.0631. The SMILES string of the molecule is CSc1ncccc1C(=O)N1CCN(c2cccc(Cl)c2)CC1. The summed E-state index contributed by atoms with van der Waals surface area (Å²) < 4.78 is 0. The highest BCUT2D eigenvalue weighted by Gasteiger charge is 2.24. The summed E-state index contributed by atoms with van der Waals surface area (Å²) >= 11 is 7.56. The predicted octanol–water partition coefficient (Wildman–Crippen LogP) is 3.42. The van der Waals surface area contributed by atoms with Gasteiger partial charge >= 0.3 is 0 Å². The van der Waals surface area contributed by atoms with E-state index in [0.717, 1.165) is 28.8 Å². The molecule has 1 aromatic carbocycles. The van der Waals surface area contributed by atoms with Crippen LogP contribution in [0.2, 0.25) is 5.02 Å². The van der Waals surface area contributed by atoms with Gasteiger partial charge in [-0.1, -0.05) is 17.7 Å². The number of halogens is 1. The number of carbonyl (C=O) groups excluding carboxylic acids is 1. The van der Waals surface area contributed by atoms with E-state index in [1.807, 2.05) is 41.5 Å². The molecule has 0 bridgehead atoms. The number of amides is 1. The molecule has 2 aromatic rings. The molecular weight excluding hydrogens is 330 g/mol. The largest absolute Gasteiger partial charge is 0.368 e. The highest BCUT2D eigenvalue weighted by Crippen LogP contribution is 2.23. The molecule has 1 amide bonds. The van der Waals surface area contributed by atoms with E-state index in [1.165, 1.54) is 11.8 Å². The molecule has 0 saturated carbocycles. The van der Waals surface area contributed by atoms with E-state index in [-0.39, 0.29) is 5.91 Å². The first-order chi connectivity index (χ1) is 11.2. The normalized spacial score (nSPS) is 14.9. The van der Waals surface area contributed by atoms with Gasteiger partial charge in [0.15, 0.2) is 0 Å². The minimum Gasteiger partial charge on any atom is -0.368 e. The molecule has 2 heterocycles. The zero-order valence-electron chi connectivity index (χ0n) is 12.9. The topological polar surface area (TPSA) is 36.4 Å². The van der Waals surface area contributed by atoms with Crippen LogP contribution < -0.4 is 4.90 Å². The van der Waals surface area contributed by atoms with E-state index in [1.54, 1.807) is 6.20 Å². The Kier molecular flexibility index (Phi) is 5.08. The second-order valence-corrected chi connectivity index (χ2v) is 6.55. The number of nitrogens with zero attached hydrogens (tertiary/aromatic N) is 3. The molecule has 23 heavy (non-hydrogen) atoms. The number of thioether (sulfide) groups is 1. The van der Waals surface area contributed by atoms with E-state index in [2.05, 4.69) is 16.0 Å². The Labute approximate surface area is 145 Å². The monoisotopic (exact) mass is 347 g/mol. The summed E-state index contributed by atoms with van der Waals surface area (Å²) in [5.41, 5.74) is 1.80. The van der Waals surface area contributed by atoms with Gasteiger partial charge in [0.2, 0.25) is 0 Å². The Hall–Kier alpha value is -1.72. The van der Waals surface area contributed by atoms with Gasteiger partial charge in [0.25, 0.3) is 5.91 Å². The van der Waals surface area contributed by atoms with Crippen LogP contribution in [0.15, 0.2) is 47.6 Å². The minimum absolute atomic E-state index is 0.0631. The van der Waals surface area contributed by atoms with Crippen molar-refractivity contribution in [2.24, 2.45) is 0 Å². The molecule has 1 fully saturated rings. The molecule has 0 unspecified atom stereocenters. The van der Waals surface area contributed by atoms with Crippen molar-refractivity contribution in [3.05, 3.63) is 53.2 Å². The standard InChI is InChI=1S/C17H18ClN3OS/c1-23-16-15(6-3-7-19-16)17(22)21-10-8-20(9-11-21)14-5-2-4-13(18)12-14/h2-7,12H,8-11H2,1H3. The molecule has 0 radical (unpaired) electrons. The Morgan fingerprint density at radius 2 is 1.96 bits per heavy atom. The zero-order chi connectivity index (χ0) is 16.2. The number of piperazine rings is 1. The third-order valence-corrected chi connectivity index (χ3v) is 4.88. The van der Waals surface area contributed by atoms with Gasteiger partial charge in [-0.05, 0) is 36.6 Å². The maximum atomic E-state index is 12.7. The third-order valence-electron chi connectivity index (χ3n) is 3.94. The summed E-state index contributed by atoms with van der Waals surface area (Å²) in [6, 6.07) is 11.5. The Morgan fingerprint density at radius 1 is 1.17 bits per heavy atom. The van der Waals surface area contributed by atoms with Crippen LogP contribution in [0.25, 0.3) is 0 Å².